The monoisotopic (exact) mass is 237 g/mol. The predicted octanol–water partition coefficient (Wildman–Crippen LogP) is 1.30. The van der Waals surface area contributed by atoms with E-state index in [4.69, 9.17) is 0 Å². The molecule has 1 aliphatic carbocycles. The first-order valence-corrected chi connectivity index (χ1v) is 7.46. The van der Waals surface area contributed by atoms with Gasteiger partial charge in [-0.15, -0.1) is 0 Å². The first-order chi connectivity index (χ1) is 8.30. The van der Waals surface area contributed by atoms with Gasteiger partial charge in [0.05, 0.1) is 0 Å². The quantitative estimate of drug-likeness (QED) is 0.685. The molecule has 1 spiro atoms. The van der Waals surface area contributed by atoms with Gasteiger partial charge in [0.2, 0.25) is 0 Å². The third-order valence-corrected chi connectivity index (χ3v) is 5.16. The Kier molecular flexibility index (Phi) is 3.42. The maximum Gasteiger partial charge on any atom is 0.0354 e. The lowest BCUT2D eigenvalue weighted by molar-refractivity contribution is -0.0392. The minimum Gasteiger partial charge on any atom is -0.313 e. The van der Waals surface area contributed by atoms with Crippen molar-refractivity contribution in [1.29, 1.82) is 0 Å². The van der Waals surface area contributed by atoms with Gasteiger partial charge < -0.3 is 10.2 Å². The van der Waals surface area contributed by atoms with Crippen LogP contribution in [0.15, 0.2) is 0 Å². The molecule has 0 radical (unpaired) electrons. The van der Waals surface area contributed by atoms with E-state index in [9.17, 15) is 0 Å². The number of hydrogen-bond acceptors (Lipinski definition) is 3. The van der Waals surface area contributed by atoms with Gasteiger partial charge in [0.25, 0.3) is 0 Å². The third-order valence-electron chi connectivity index (χ3n) is 5.16. The zero-order chi connectivity index (χ0) is 11.7. The van der Waals surface area contributed by atoms with Crippen LogP contribution in [0.2, 0.25) is 0 Å². The van der Waals surface area contributed by atoms with E-state index in [-0.39, 0.29) is 0 Å². The fraction of sp³-hybridized carbons (Fsp3) is 1.00. The molecule has 0 bridgehead atoms. The molecule has 1 atom stereocenters. The lowest BCUT2D eigenvalue weighted by atomic mass is 9.83. The normalized spacial score (nSPS) is 35.5. The standard InChI is InChI=1S/C14H27N3/c1-16-8-9-17-13(11-16)10-15-12-14(17)6-4-2-3-5-7-14/h13,15H,2-12H2,1H3. The van der Waals surface area contributed by atoms with Crippen molar-refractivity contribution >= 4 is 0 Å². The molecule has 1 N–H and O–H groups in total. The van der Waals surface area contributed by atoms with Gasteiger partial charge in [0, 0.05) is 44.3 Å². The first-order valence-electron chi connectivity index (χ1n) is 7.46. The van der Waals surface area contributed by atoms with E-state index in [1.54, 1.807) is 0 Å². The van der Waals surface area contributed by atoms with Gasteiger partial charge >= 0.3 is 0 Å². The zero-order valence-electron chi connectivity index (χ0n) is 11.2. The van der Waals surface area contributed by atoms with E-state index in [1.807, 2.05) is 0 Å². The zero-order valence-corrected chi connectivity index (χ0v) is 11.2. The molecular formula is C14H27N3. The highest BCUT2D eigenvalue weighted by molar-refractivity contribution is 5.03. The van der Waals surface area contributed by atoms with Crippen molar-refractivity contribution in [1.82, 2.24) is 15.1 Å². The summed E-state index contributed by atoms with van der Waals surface area (Å²) in [7, 11) is 2.27. The summed E-state index contributed by atoms with van der Waals surface area (Å²) in [5, 5.41) is 3.72. The average Bonchev–Trinajstić information content (AvgIpc) is 2.56. The van der Waals surface area contributed by atoms with Crippen LogP contribution < -0.4 is 5.32 Å². The van der Waals surface area contributed by atoms with Crippen molar-refractivity contribution in [3.05, 3.63) is 0 Å². The third kappa shape index (κ3) is 2.25. The van der Waals surface area contributed by atoms with E-state index in [2.05, 4.69) is 22.2 Å². The smallest absolute Gasteiger partial charge is 0.0354 e. The molecule has 2 heterocycles. The van der Waals surface area contributed by atoms with Gasteiger partial charge in [-0.2, -0.15) is 0 Å². The Morgan fingerprint density at radius 3 is 2.59 bits per heavy atom. The Morgan fingerprint density at radius 1 is 1.06 bits per heavy atom. The predicted molar refractivity (Wildman–Crippen MR) is 71.3 cm³/mol. The topological polar surface area (TPSA) is 18.5 Å². The summed E-state index contributed by atoms with van der Waals surface area (Å²) in [5.41, 5.74) is 0.515. The molecule has 3 fully saturated rings. The van der Waals surface area contributed by atoms with Crippen molar-refractivity contribution in [3.63, 3.8) is 0 Å². The minimum absolute atomic E-state index is 0.515. The molecule has 98 valence electrons. The summed E-state index contributed by atoms with van der Waals surface area (Å²) >= 11 is 0. The van der Waals surface area contributed by atoms with E-state index >= 15 is 0 Å². The molecule has 0 aromatic rings. The van der Waals surface area contributed by atoms with Crippen LogP contribution in [0, 0.1) is 0 Å². The molecule has 3 rings (SSSR count). The number of hydrogen-bond donors (Lipinski definition) is 1. The van der Waals surface area contributed by atoms with E-state index in [1.165, 1.54) is 71.2 Å². The highest BCUT2D eigenvalue weighted by Gasteiger charge is 2.44. The fourth-order valence-corrected chi connectivity index (χ4v) is 4.23. The number of fused-ring (bicyclic) bond motifs is 2. The summed E-state index contributed by atoms with van der Waals surface area (Å²) in [5.74, 6) is 0. The van der Waals surface area contributed by atoms with Crippen LogP contribution in [0.3, 0.4) is 0 Å². The number of likely N-dealkylation sites (N-methyl/N-ethyl adjacent to an activating group) is 1. The van der Waals surface area contributed by atoms with Gasteiger partial charge in [-0.3, -0.25) is 4.90 Å². The molecule has 1 unspecified atom stereocenters. The first kappa shape index (κ1) is 11.9. The summed E-state index contributed by atoms with van der Waals surface area (Å²) in [4.78, 5) is 5.38. The molecular weight excluding hydrogens is 210 g/mol. The van der Waals surface area contributed by atoms with Crippen molar-refractivity contribution in [2.24, 2.45) is 0 Å². The summed E-state index contributed by atoms with van der Waals surface area (Å²) < 4.78 is 0. The summed E-state index contributed by atoms with van der Waals surface area (Å²) in [6, 6.07) is 0.764. The molecule has 2 saturated heterocycles. The fourth-order valence-electron chi connectivity index (χ4n) is 4.23. The lowest BCUT2D eigenvalue weighted by Gasteiger charge is -2.55. The molecule has 3 aliphatic rings. The van der Waals surface area contributed by atoms with Crippen LogP contribution in [0.25, 0.3) is 0 Å². The molecule has 2 aliphatic heterocycles. The Balaban J connectivity index is 1.78. The molecule has 0 aromatic carbocycles. The molecule has 3 nitrogen and oxygen atoms in total. The van der Waals surface area contributed by atoms with Crippen LogP contribution in [0.5, 0.6) is 0 Å². The Morgan fingerprint density at radius 2 is 1.82 bits per heavy atom. The number of nitrogens with one attached hydrogen (secondary N) is 1. The molecule has 17 heavy (non-hydrogen) atoms. The summed E-state index contributed by atoms with van der Waals surface area (Å²) in [6.07, 6.45) is 8.67. The Hall–Kier alpha value is -0.120. The van der Waals surface area contributed by atoms with Crippen LogP contribution in [0.4, 0.5) is 0 Å². The molecule has 0 aromatic heterocycles. The Labute approximate surface area is 106 Å². The van der Waals surface area contributed by atoms with E-state index in [0.29, 0.717) is 5.54 Å². The van der Waals surface area contributed by atoms with Crippen LogP contribution in [-0.4, -0.2) is 61.2 Å². The van der Waals surface area contributed by atoms with Gasteiger partial charge in [-0.05, 0) is 19.9 Å². The van der Waals surface area contributed by atoms with Crippen molar-refractivity contribution in [2.45, 2.75) is 50.1 Å². The minimum atomic E-state index is 0.515. The van der Waals surface area contributed by atoms with Gasteiger partial charge in [-0.1, -0.05) is 25.7 Å². The van der Waals surface area contributed by atoms with E-state index in [0.717, 1.165) is 6.04 Å². The molecule has 3 heteroatoms. The number of nitrogens with zero attached hydrogens (tertiary/aromatic N) is 2. The molecule has 0 amide bonds. The number of rotatable bonds is 0. The second-order valence-electron chi connectivity index (χ2n) is 6.38. The van der Waals surface area contributed by atoms with E-state index < -0.39 is 0 Å². The largest absolute Gasteiger partial charge is 0.313 e. The SMILES string of the molecule is CN1CCN2C(CNCC23CCCCCC3)C1. The summed E-state index contributed by atoms with van der Waals surface area (Å²) in [6.45, 7) is 6.26. The second-order valence-corrected chi connectivity index (χ2v) is 6.38. The van der Waals surface area contributed by atoms with Crippen LogP contribution in [-0.2, 0) is 0 Å². The Bertz CT molecular complexity index is 258. The van der Waals surface area contributed by atoms with Crippen molar-refractivity contribution in [2.75, 3.05) is 39.8 Å². The van der Waals surface area contributed by atoms with Gasteiger partial charge in [0.15, 0.2) is 0 Å². The number of piperazine rings is 2. The van der Waals surface area contributed by atoms with Gasteiger partial charge in [-0.25, -0.2) is 0 Å². The highest BCUT2D eigenvalue weighted by Crippen LogP contribution is 2.36. The highest BCUT2D eigenvalue weighted by atomic mass is 15.3. The maximum atomic E-state index is 3.72. The molecule has 1 saturated carbocycles. The van der Waals surface area contributed by atoms with Crippen molar-refractivity contribution in [3.8, 4) is 0 Å². The lowest BCUT2D eigenvalue weighted by Crippen LogP contribution is -2.70. The van der Waals surface area contributed by atoms with Crippen LogP contribution >= 0.6 is 0 Å². The van der Waals surface area contributed by atoms with Gasteiger partial charge in [0.1, 0.15) is 0 Å². The second kappa shape index (κ2) is 4.87. The maximum absolute atomic E-state index is 3.72. The average molecular weight is 237 g/mol. The van der Waals surface area contributed by atoms with Crippen LogP contribution in [0.1, 0.15) is 38.5 Å². The van der Waals surface area contributed by atoms with Crippen molar-refractivity contribution < 1.29 is 0 Å².